The van der Waals surface area contributed by atoms with E-state index in [1.54, 1.807) is 11.8 Å². The minimum atomic E-state index is -0.188. The van der Waals surface area contributed by atoms with E-state index in [4.69, 9.17) is 5.73 Å². The van der Waals surface area contributed by atoms with Gasteiger partial charge in [0.1, 0.15) is 11.6 Å². The lowest BCUT2D eigenvalue weighted by Crippen LogP contribution is -2.12. The summed E-state index contributed by atoms with van der Waals surface area (Å²) < 4.78 is 0. The van der Waals surface area contributed by atoms with Crippen LogP contribution in [-0.4, -0.2) is 15.2 Å². The number of H-pyrrole nitrogens is 1. The third-order valence-electron chi connectivity index (χ3n) is 1.36. The highest BCUT2D eigenvalue weighted by molar-refractivity contribution is 7.99. The summed E-state index contributed by atoms with van der Waals surface area (Å²) >= 11 is 1.71. The molecule has 0 aliphatic rings. The smallest absolute Gasteiger partial charge is 0.252 e. The van der Waals surface area contributed by atoms with Gasteiger partial charge < -0.3 is 10.7 Å². The van der Waals surface area contributed by atoms with Gasteiger partial charge in [-0.05, 0) is 5.25 Å². The van der Waals surface area contributed by atoms with Crippen LogP contribution < -0.4 is 11.3 Å². The van der Waals surface area contributed by atoms with Crippen LogP contribution in [0.3, 0.4) is 0 Å². The summed E-state index contributed by atoms with van der Waals surface area (Å²) in [6.45, 7) is 4.18. The van der Waals surface area contributed by atoms with Gasteiger partial charge in [0, 0.05) is 6.07 Å². The van der Waals surface area contributed by atoms with E-state index in [0.29, 0.717) is 16.8 Å². The van der Waals surface area contributed by atoms with E-state index in [-0.39, 0.29) is 11.4 Å². The average molecular weight is 199 g/mol. The molecule has 13 heavy (non-hydrogen) atoms. The SMILES string of the molecule is CC(C)SCc1nc(N)cc(=O)[nH]1. The molecule has 5 heteroatoms. The molecule has 0 aliphatic carbocycles. The van der Waals surface area contributed by atoms with Gasteiger partial charge >= 0.3 is 0 Å². The van der Waals surface area contributed by atoms with Crippen LogP contribution in [0.2, 0.25) is 0 Å². The first-order chi connectivity index (χ1) is 6.08. The summed E-state index contributed by atoms with van der Waals surface area (Å²) in [7, 11) is 0. The molecule has 0 aromatic carbocycles. The van der Waals surface area contributed by atoms with Crippen LogP contribution in [0, 0.1) is 0 Å². The van der Waals surface area contributed by atoms with E-state index in [9.17, 15) is 4.79 Å². The lowest BCUT2D eigenvalue weighted by molar-refractivity contribution is 1.00. The van der Waals surface area contributed by atoms with Gasteiger partial charge in [0.15, 0.2) is 0 Å². The Kier molecular flexibility index (Phi) is 3.36. The molecular weight excluding hydrogens is 186 g/mol. The van der Waals surface area contributed by atoms with Crippen LogP contribution in [-0.2, 0) is 5.75 Å². The van der Waals surface area contributed by atoms with E-state index >= 15 is 0 Å². The largest absolute Gasteiger partial charge is 0.383 e. The quantitative estimate of drug-likeness (QED) is 0.761. The van der Waals surface area contributed by atoms with Crippen molar-refractivity contribution in [3.05, 3.63) is 22.2 Å². The summed E-state index contributed by atoms with van der Waals surface area (Å²) in [5.41, 5.74) is 5.24. The van der Waals surface area contributed by atoms with Gasteiger partial charge in [0.25, 0.3) is 5.56 Å². The number of nitrogens with two attached hydrogens (primary N) is 1. The number of aromatic amines is 1. The number of nitrogens with one attached hydrogen (secondary N) is 1. The van der Waals surface area contributed by atoms with Crippen molar-refractivity contribution in [3.8, 4) is 0 Å². The molecule has 0 atom stereocenters. The second kappa shape index (κ2) is 4.32. The third kappa shape index (κ3) is 3.50. The second-order valence-corrected chi connectivity index (χ2v) is 4.54. The zero-order valence-electron chi connectivity index (χ0n) is 7.70. The maximum Gasteiger partial charge on any atom is 0.252 e. The zero-order chi connectivity index (χ0) is 9.84. The molecule has 1 rings (SSSR count). The Bertz CT molecular complexity index is 334. The molecule has 0 saturated heterocycles. The molecule has 0 aliphatic heterocycles. The number of aromatic nitrogens is 2. The first-order valence-electron chi connectivity index (χ1n) is 4.05. The lowest BCUT2D eigenvalue weighted by Gasteiger charge is -2.03. The van der Waals surface area contributed by atoms with Gasteiger partial charge in [-0.2, -0.15) is 11.8 Å². The van der Waals surface area contributed by atoms with E-state index in [1.807, 2.05) is 0 Å². The molecule has 0 unspecified atom stereocenters. The predicted molar refractivity (Wildman–Crippen MR) is 55.7 cm³/mol. The lowest BCUT2D eigenvalue weighted by atomic mass is 10.5. The van der Waals surface area contributed by atoms with Crippen LogP contribution in [0.5, 0.6) is 0 Å². The van der Waals surface area contributed by atoms with Crippen molar-refractivity contribution in [1.82, 2.24) is 9.97 Å². The highest BCUT2D eigenvalue weighted by atomic mass is 32.2. The highest BCUT2D eigenvalue weighted by Crippen LogP contribution is 2.13. The molecule has 1 aromatic heterocycles. The van der Waals surface area contributed by atoms with Crippen molar-refractivity contribution >= 4 is 17.6 Å². The fraction of sp³-hybridized carbons (Fsp3) is 0.500. The van der Waals surface area contributed by atoms with Crippen molar-refractivity contribution in [2.24, 2.45) is 0 Å². The fourth-order valence-electron chi connectivity index (χ4n) is 0.843. The van der Waals surface area contributed by atoms with Crippen LogP contribution in [0.4, 0.5) is 5.82 Å². The standard InChI is InChI=1S/C8H13N3OS/c1-5(2)13-4-7-10-6(9)3-8(12)11-7/h3,5H,4H2,1-2H3,(H3,9,10,11,12). The number of anilines is 1. The molecule has 0 radical (unpaired) electrons. The summed E-state index contributed by atoms with van der Waals surface area (Å²) in [4.78, 5) is 17.6. The Morgan fingerprint density at radius 3 is 2.92 bits per heavy atom. The van der Waals surface area contributed by atoms with E-state index in [2.05, 4.69) is 23.8 Å². The molecule has 0 spiro atoms. The average Bonchev–Trinajstić information content (AvgIpc) is 1.99. The molecule has 1 heterocycles. The molecule has 0 bridgehead atoms. The number of thioether (sulfide) groups is 1. The molecule has 72 valence electrons. The van der Waals surface area contributed by atoms with Crippen molar-refractivity contribution in [2.45, 2.75) is 24.9 Å². The molecule has 0 fully saturated rings. The molecule has 3 N–H and O–H groups in total. The Morgan fingerprint density at radius 2 is 2.38 bits per heavy atom. The van der Waals surface area contributed by atoms with Gasteiger partial charge in [-0.25, -0.2) is 4.98 Å². The molecule has 0 saturated carbocycles. The van der Waals surface area contributed by atoms with E-state index < -0.39 is 0 Å². The molecule has 1 aromatic rings. The second-order valence-electron chi connectivity index (χ2n) is 2.98. The normalized spacial score (nSPS) is 10.7. The minimum Gasteiger partial charge on any atom is -0.383 e. The van der Waals surface area contributed by atoms with Gasteiger partial charge in [-0.3, -0.25) is 4.79 Å². The summed E-state index contributed by atoms with van der Waals surface area (Å²) in [5, 5.41) is 0.520. The Labute approximate surface area is 81.0 Å². The molecule has 0 amide bonds. The summed E-state index contributed by atoms with van der Waals surface area (Å²) in [6.07, 6.45) is 0. The maximum atomic E-state index is 11.0. The monoisotopic (exact) mass is 199 g/mol. The van der Waals surface area contributed by atoms with Crippen molar-refractivity contribution in [3.63, 3.8) is 0 Å². The Morgan fingerprint density at radius 1 is 1.69 bits per heavy atom. The highest BCUT2D eigenvalue weighted by Gasteiger charge is 2.00. The number of rotatable bonds is 3. The first kappa shape index (κ1) is 10.1. The maximum absolute atomic E-state index is 11.0. The number of hydrogen-bond acceptors (Lipinski definition) is 4. The fourth-order valence-corrected chi connectivity index (χ4v) is 1.47. The predicted octanol–water partition coefficient (Wildman–Crippen LogP) is 0.994. The third-order valence-corrected chi connectivity index (χ3v) is 2.47. The first-order valence-corrected chi connectivity index (χ1v) is 5.10. The van der Waals surface area contributed by atoms with Gasteiger partial charge in [0.2, 0.25) is 0 Å². The Hall–Kier alpha value is -0.970. The van der Waals surface area contributed by atoms with Gasteiger partial charge in [0.05, 0.1) is 5.75 Å². The van der Waals surface area contributed by atoms with Crippen molar-refractivity contribution < 1.29 is 0 Å². The van der Waals surface area contributed by atoms with Crippen molar-refractivity contribution in [2.75, 3.05) is 5.73 Å². The van der Waals surface area contributed by atoms with Gasteiger partial charge in [-0.1, -0.05) is 13.8 Å². The van der Waals surface area contributed by atoms with Crippen LogP contribution in [0.15, 0.2) is 10.9 Å². The zero-order valence-corrected chi connectivity index (χ0v) is 8.52. The summed E-state index contributed by atoms with van der Waals surface area (Å²) in [5.74, 6) is 1.62. The number of nitrogen functional groups attached to an aromatic ring is 1. The van der Waals surface area contributed by atoms with Crippen molar-refractivity contribution in [1.29, 1.82) is 0 Å². The number of hydrogen-bond donors (Lipinski definition) is 2. The van der Waals surface area contributed by atoms with Gasteiger partial charge in [-0.15, -0.1) is 0 Å². The Balaban J connectivity index is 2.72. The van der Waals surface area contributed by atoms with Crippen LogP contribution in [0.25, 0.3) is 0 Å². The minimum absolute atomic E-state index is 0.188. The molecular formula is C8H13N3OS. The van der Waals surface area contributed by atoms with E-state index in [0.717, 1.165) is 0 Å². The van der Waals surface area contributed by atoms with E-state index in [1.165, 1.54) is 6.07 Å². The molecule has 4 nitrogen and oxygen atoms in total. The topological polar surface area (TPSA) is 71.8 Å². The van der Waals surface area contributed by atoms with Crippen LogP contribution in [0.1, 0.15) is 19.7 Å². The van der Waals surface area contributed by atoms with Crippen LogP contribution >= 0.6 is 11.8 Å². The number of nitrogens with zero attached hydrogens (tertiary/aromatic N) is 1. The summed E-state index contributed by atoms with van der Waals surface area (Å²) in [6, 6.07) is 1.28.